The highest BCUT2D eigenvalue weighted by molar-refractivity contribution is 5.39. The summed E-state index contributed by atoms with van der Waals surface area (Å²) in [4.78, 5) is 5.05. The van der Waals surface area contributed by atoms with E-state index in [0.717, 1.165) is 18.7 Å². The first-order chi connectivity index (χ1) is 8.56. The van der Waals surface area contributed by atoms with Crippen LogP contribution in [0.4, 0.5) is 5.69 Å². The van der Waals surface area contributed by atoms with Crippen LogP contribution in [0, 0.1) is 0 Å². The number of likely N-dealkylation sites (N-methyl/N-ethyl adjacent to an activating group) is 1. The Kier molecular flexibility index (Phi) is 4.25. The standard InChI is InChI=1S/C15H25N3/c1-12-10-18(11-13(2)17(12)3)9-8-14-4-6-15(16)7-5-14/h4-7,12-13H,8-11,16H2,1-3H3. The zero-order valence-corrected chi connectivity index (χ0v) is 11.8. The van der Waals surface area contributed by atoms with E-state index in [1.54, 1.807) is 0 Å². The quantitative estimate of drug-likeness (QED) is 0.827. The van der Waals surface area contributed by atoms with Crippen LogP contribution in [-0.2, 0) is 6.42 Å². The maximum Gasteiger partial charge on any atom is 0.0314 e. The molecule has 2 rings (SSSR count). The van der Waals surface area contributed by atoms with Crippen LogP contribution in [0.5, 0.6) is 0 Å². The molecule has 3 heteroatoms. The molecule has 3 nitrogen and oxygen atoms in total. The normalized spacial score (nSPS) is 26.4. The third-order valence-electron chi connectivity index (χ3n) is 4.13. The van der Waals surface area contributed by atoms with E-state index in [-0.39, 0.29) is 0 Å². The van der Waals surface area contributed by atoms with Crippen LogP contribution >= 0.6 is 0 Å². The van der Waals surface area contributed by atoms with Crippen LogP contribution in [-0.4, -0.2) is 48.6 Å². The first kappa shape index (κ1) is 13.4. The van der Waals surface area contributed by atoms with Crippen LogP contribution in [0.1, 0.15) is 19.4 Å². The van der Waals surface area contributed by atoms with Gasteiger partial charge in [0.1, 0.15) is 0 Å². The van der Waals surface area contributed by atoms with E-state index in [0.29, 0.717) is 12.1 Å². The molecule has 0 spiro atoms. The molecule has 0 saturated carbocycles. The Hall–Kier alpha value is -1.06. The van der Waals surface area contributed by atoms with Gasteiger partial charge in [-0.15, -0.1) is 0 Å². The van der Waals surface area contributed by atoms with Crippen molar-refractivity contribution in [1.29, 1.82) is 0 Å². The summed E-state index contributed by atoms with van der Waals surface area (Å²) in [5.74, 6) is 0. The zero-order valence-electron chi connectivity index (χ0n) is 11.8. The van der Waals surface area contributed by atoms with Crippen molar-refractivity contribution in [1.82, 2.24) is 9.80 Å². The molecule has 1 aromatic carbocycles. The molecule has 0 aromatic heterocycles. The molecule has 0 amide bonds. The average molecular weight is 247 g/mol. The number of benzene rings is 1. The van der Waals surface area contributed by atoms with Crippen LogP contribution in [0.15, 0.2) is 24.3 Å². The van der Waals surface area contributed by atoms with Crippen molar-refractivity contribution in [3.63, 3.8) is 0 Å². The van der Waals surface area contributed by atoms with Crippen molar-refractivity contribution in [2.24, 2.45) is 0 Å². The molecule has 0 aliphatic carbocycles. The Balaban J connectivity index is 1.85. The lowest BCUT2D eigenvalue weighted by molar-refractivity contribution is 0.0608. The van der Waals surface area contributed by atoms with Crippen LogP contribution in [0.3, 0.4) is 0 Å². The van der Waals surface area contributed by atoms with Crippen molar-refractivity contribution in [3.05, 3.63) is 29.8 Å². The van der Waals surface area contributed by atoms with Gasteiger partial charge in [0.05, 0.1) is 0 Å². The van der Waals surface area contributed by atoms with Crippen molar-refractivity contribution >= 4 is 5.69 Å². The number of anilines is 1. The van der Waals surface area contributed by atoms with Gasteiger partial charge in [-0.25, -0.2) is 0 Å². The zero-order chi connectivity index (χ0) is 13.1. The lowest BCUT2D eigenvalue weighted by Crippen LogP contribution is -2.55. The lowest BCUT2D eigenvalue weighted by atomic mass is 10.1. The van der Waals surface area contributed by atoms with E-state index in [4.69, 9.17) is 5.73 Å². The molecular weight excluding hydrogens is 222 g/mol. The van der Waals surface area contributed by atoms with Gasteiger partial charge in [0.25, 0.3) is 0 Å². The Bertz CT molecular complexity index is 362. The summed E-state index contributed by atoms with van der Waals surface area (Å²) in [6.07, 6.45) is 1.11. The molecule has 2 unspecified atom stereocenters. The van der Waals surface area contributed by atoms with Crippen molar-refractivity contribution < 1.29 is 0 Å². The minimum Gasteiger partial charge on any atom is -0.399 e. The number of piperazine rings is 1. The Morgan fingerprint density at radius 2 is 1.67 bits per heavy atom. The SMILES string of the molecule is CC1CN(CCc2ccc(N)cc2)CC(C)N1C. The second-order valence-electron chi connectivity index (χ2n) is 5.61. The van der Waals surface area contributed by atoms with E-state index < -0.39 is 0 Å². The molecule has 0 radical (unpaired) electrons. The van der Waals surface area contributed by atoms with E-state index in [2.05, 4.69) is 42.8 Å². The fraction of sp³-hybridized carbons (Fsp3) is 0.600. The molecule has 2 N–H and O–H groups in total. The summed E-state index contributed by atoms with van der Waals surface area (Å²) in [6.45, 7) is 8.12. The van der Waals surface area contributed by atoms with Gasteiger partial charge >= 0.3 is 0 Å². The minimum absolute atomic E-state index is 0.653. The third-order valence-corrected chi connectivity index (χ3v) is 4.13. The number of nitrogens with zero attached hydrogens (tertiary/aromatic N) is 2. The Morgan fingerprint density at radius 3 is 2.22 bits per heavy atom. The number of rotatable bonds is 3. The fourth-order valence-electron chi connectivity index (χ4n) is 2.67. The molecule has 1 aromatic rings. The maximum atomic E-state index is 5.70. The third kappa shape index (κ3) is 3.24. The summed E-state index contributed by atoms with van der Waals surface area (Å²) in [5.41, 5.74) is 7.93. The van der Waals surface area contributed by atoms with Gasteiger partial charge in [0.2, 0.25) is 0 Å². The van der Waals surface area contributed by atoms with Crippen molar-refractivity contribution in [3.8, 4) is 0 Å². The largest absolute Gasteiger partial charge is 0.399 e. The van der Waals surface area contributed by atoms with Crippen LogP contribution in [0.2, 0.25) is 0 Å². The molecule has 1 aliphatic rings. The smallest absolute Gasteiger partial charge is 0.0314 e. The monoisotopic (exact) mass is 247 g/mol. The number of hydrogen-bond acceptors (Lipinski definition) is 3. The second kappa shape index (κ2) is 5.72. The number of nitrogens with two attached hydrogens (primary N) is 1. The molecular formula is C15H25N3. The summed E-state index contributed by atoms with van der Waals surface area (Å²) >= 11 is 0. The highest BCUT2D eigenvalue weighted by Crippen LogP contribution is 2.14. The Labute approximate surface area is 111 Å². The van der Waals surface area contributed by atoms with E-state index in [1.165, 1.54) is 18.7 Å². The molecule has 2 atom stereocenters. The first-order valence-electron chi connectivity index (χ1n) is 6.85. The van der Waals surface area contributed by atoms with Gasteiger partial charge in [-0.3, -0.25) is 9.80 Å². The van der Waals surface area contributed by atoms with Gasteiger partial charge < -0.3 is 5.73 Å². The number of hydrogen-bond donors (Lipinski definition) is 1. The molecule has 18 heavy (non-hydrogen) atoms. The highest BCUT2D eigenvalue weighted by atomic mass is 15.3. The van der Waals surface area contributed by atoms with E-state index >= 15 is 0 Å². The van der Waals surface area contributed by atoms with Crippen molar-refractivity contribution in [2.75, 3.05) is 32.4 Å². The Morgan fingerprint density at radius 1 is 1.11 bits per heavy atom. The maximum absolute atomic E-state index is 5.70. The fourth-order valence-corrected chi connectivity index (χ4v) is 2.67. The topological polar surface area (TPSA) is 32.5 Å². The van der Waals surface area contributed by atoms with Gasteiger partial charge in [0, 0.05) is 37.4 Å². The molecule has 0 bridgehead atoms. The summed E-state index contributed by atoms with van der Waals surface area (Å²) < 4.78 is 0. The molecule has 100 valence electrons. The van der Waals surface area contributed by atoms with Gasteiger partial charge in [-0.2, -0.15) is 0 Å². The minimum atomic E-state index is 0.653. The van der Waals surface area contributed by atoms with Gasteiger partial charge in [-0.05, 0) is 45.0 Å². The van der Waals surface area contributed by atoms with Crippen molar-refractivity contribution in [2.45, 2.75) is 32.4 Å². The van der Waals surface area contributed by atoms with E-state index in [9.17, 15) is 0 Å². The molecule has 1 heterocycles. The predicted octanol–water partition coefficient (Wildman–Crippen LogP) is 1.84. The number of nitrogen functional groups attached to an aromatic ring is 1. The van der Waals surface area contributed by atoms with Gasteiger partial charge in [0.15, 0.2) is 0 Å². The van der Waals surface area contributed by atoms with Gasteiger partial charge in [-0.1, -0.05) is 12.1 Å². The highest BCUT2D eigenvalue weighted by Gasteiger charge is 2.25. The first-order valence-corrected chi connectivity index (χ1v) is 6.85. The summed E-state index contributed by atoms with van der Waals surface area (Å²) in [5, 5.41) is 0. The van der Waals surface area contributed by atoms with E-state index in [1.807, 2.05) is 12.1 Å². The second-order valence-corrected chi connectivity index (χ2v) is 5.61. The molecule has 1 saturated heterocycles. The predicted molar refractivity (Wildman–Crippen MR) is 77.7 cm³/mol. The lowest BCUT2D eigenvalue weighted by Gasteiger charge is -2.42. The molecule has 1 fully saturated rings. The molecule has 1 aliphatic heterocycles. The summed E-state index contributed by atoms with van der Waals surface area (Å²) in [6, 6.07) is 9.56. The average Bonchev–Trinajstić information content (AvgIpc) is 2.35. The summed E-state index contributed by atoms with van der Waals surface area (Å²) in [7, 11) is 2.23. The van der Waals surface area contributed by atoms with Crippen LogP contribution in [0.25, 0.3) is 0 Å². The van der Waals surface area contributed by atoms with Crippen LogP contribution < -0.4 is 5.73 Å².